The van der Waals surface area contributed by atoms with Gasteiger partial charge in [0.1, 0.15) is 5.82 Å². The summed E-state index contributed by atoms with van der Waals surface area (Å²) in [6, 6.07) is 2.19. The lowest BCUT2D eigenvalue weighted by Gasteiger charge is -2.32. The maximum absolute atomic E-state index is 5.87. The van der Waals surface area contributed by atoms with Crippen LogP contribution in [0, 0.1) is 0 Å². The molecule has 0 aliphatic carbocycles. The lowest BCUT2D eigenvalue weighted by molar-refractivity contribution is -0.0105. The van der Waals surface area contributed by atoms with Gasteiger partial charge in [0.25, 0.3) is 0 Å². The average molecular weight is 328 g/mol. The Labute approximate surface area is 142 Å². The molecule has 7 heteroatoms. The molecule has 4 heterocycles. The number of rotatable bonds is 5. The predicted molar refractivity (Wildman–Crippen MR) is 90.5 cm³/mol. The minimum Gasteiger partial charge on any atom is -0.377 e. The largest absolute Gasteiger partial charge is 0.377 e. The van der Waals surface area contributed by atoms with Gasteiger partial charge in [-0.15, -0.1) is 0 Å². The van der Waals surface area contributed by atoms with Crippen molar-refractivity contribution < 1.29 is 4.74 Å². The van der Waals surface area contributed by atoms with Crippen LogP contribution in [0.5, 0.6) is 0 Å². The highest BCUT2D eigenvalue weighted by molar-refractivity contribution is 5.31. The van der Waals surface area contributed by atoms with E-state index in [0.29, 0.717) is 12.6 Å². The number of aromatic nitrogens is 4. The number of nitrogens with zero attached hydrogens (tertiary/aromatic N) is 5. The lowest BCUT2D eigenvalue weighted by atomic mass is 10.1. The first-order valence-electron chi connectivity index (χ1n) is 8.76. The molecule has 0 radical (unpaired) electrons. The molecule has 0 aromatic carbocycles. The third-order valence-corrected chi connectivity index (χ3v) is 4.68. The van der Waals surface area contributed by atoms with Crippen LogP contribution in [0.1, 0.15) is 30.7 Å². The van der Waals surface area contributed by atoms with E-state index in [2.05, 4.69) is 30.9 Å². The summed E-state index contributed by atoms with van der Waals surface area (Å²) >= 11 is 0. The fraction of sp³-hybridized carbons (Fsp3) is 0.588. The molecule has 0 amide bonds. The molecule has 1 saturated heterocycles. The van der Waals surface area contributed by atoms with Crippen molar-refractivity contribution in [2.24, 2.45) is 0 Å². The summed E-state index contributed by atoms with van der Waals surface area (Å²) in [6.07, 6.45) is 9.20. The van der Waals surface area contributed by atoms with Gasteiger partial charge in [0.2, 0.25) is 0 Å². The Morgan fingerprint density at radius 1 is 1.25 bits per heavy atom. The van der Waals surface area contributed by atoms with Gasteiger partial charge in [-0.05, 0) is 25.3 Å². The van der Waals surface area contributed by atoms with Crippen LogP contribution in [0.2, 0.25) is 0 Å². The Morgan fingerprint density at radius 2 is 2.25 bits per heavy atom. The molecule has 7 nitrogen and oxygen atoms in total. The molecule has 1 fully saturated rings. The molecule has 0 bridgehead atoms. The monoisotopic (exact) mass is 328 g/mol. The fourth-order valence-corrected chi connectivity index (χ4v) is 3.43. The first-order chi connectivity index (χ1) is 11.9. The van der Waals surface area contributed by atoms with Crippen molar-refractivity contribution in [3.63, 3.8) is 0 Å². The number of ether oxygens (including phenoxy) is 1. The minimum atomic E-state index is 0.408. The van der Waals surface area contributed by atoms with Crippen molar-refractivity contribution in [1.29, 1.82) is 0 Å². The SMILES string of the molecule is c1cnc(NCc2cc3n(n2)CCN(CC2CCCCO2)C3)cn1. The van der Waals surface area contributed by atoms with Crippen LogP contribution in [0.4, 0.5) is 5.82 Å². The third-order valence-electron chi connectivity index (χ3n) is 4.68. The molecule has 24 heavy (non-hydrogen) atoms. The summed E-state index contributed by atoms with van der Waals surface area (Å²) in [4.78, 5) is 10.8. The second-order valence-corrected chi connectivity index (χ2v) is 6.52. The van der Waals surface area contributed by atoms with Gasteiger partial charge in [-0.1, -0.05) is 0 Å². The van der Waals surface area contributed by atoms with Crippen molar-refractivity contribution in [1.82, 2.24) is 24.6 Å². The van der Waals surface area contributed by atoms with Crippen molar-refractivity contribution >= 4 is 5.82 Å². The molecule has 1 N–H and O–H groups in total. The molecule has 2 aromatic rings. The van der Waals surface area contributed by atoms with E-state index >= 15 is 0 Å². The summed E-state index contributed by atoms with van der Waals surface area (Å²) in [5, 5.41) is 7.96. The first-order valence-corrected chi connectivity index (χ1v) is 8.76. The van der Waals surface area contributed by atoms with Gasteiger partial charge in [-0.25, -0.2) is 4.98 Å². The van der Waals surface area contributed by atoms with Gasteiger partial charge in [0, 0.05) is 38.6 Å². The van der Waals surface area contributed by atoms with E-state index in [-0.39, 0.29) is 0 Å². The fourth-order valence-electron chi connectivity index (χ4n) is 3.43. The average Bonchev–Trinajstić information content (AvgIpc) is 3.04. The number of nitrogens with one attached hydrogen (secondary N) is 1. The summed E-state index contributed by atoms with van der Waals surface area (Å²) in [5.41, 5.74) is 2.33. The molecule has 1 unspecified atom stereocenters. The summed E-state index contributed by atoms with van der Waals surface area (Å²) in [5.74, 6) is 0.777. The lowest BCUT2D eigenvalue weighted by Crippen LogP contribution is -2.40. The van der Waals surface area contributed by atoms with Crippen LogP contribution in [0.3, 0.4) is 0 Å². The predicted octanol–water partition coefficient (Wildman–Crippen LogP) is 1.67. The molecule has 0 spiro atoms. The van der Waals surface area contributed by atoms with E-state index in [0.717, 1.165) is 44.3 Å². The van der Waals surface area contributed by atoms with Crippen LogP contribution in [0.25, 0.3) is 0 Å². The highest BCUT2D eigenvalue weighted by atomic mass is 16.5. The maximum atomic E-state index is 5.87. The zero-order valence-corrected chi connectivity index (χ0v) is 13.9. The van der Waals surface area contributed by atoms with E-state index in [1.165, 1.54) is 25.0 Å². The van der Waals surface area contributed by atoms with Gasteiger partial charge in [-0.2, -0.15) is 5.10 Å². The Bertz CT molecular complexity index is 652. The van der Waals surface area contributed by atoms with Crippen molar-refractivity contribution in [3.8, 4) is 0 Å². The number of fused-ring (bicyclic) bond motifs is 1. The van der Waals surface area contributed by atoms with Crippen LogP contribution >= 0.6 is 0 Å². The van der Waals surface area contributed by atoms with E-state index in [4.69, 9.17) is 9.84 Å². The summed E-state index contributed by atoms with van der Waals surface area (Å²) < 4.78 is 8.01. The molecule has 128 valence electrons. The molecular weight excluding hydrogens is 304 g/mol. The molecule has 0 saturated carbocycles. The Balaban J connectivity index is 1.33. The van der Waals surface area contributed by atoms with E-state index in [1.807, 2.05) is 0 Å². The highest BCUT2D eigenvalue weighted by Crippen LogP contribution is 2.18. The number of hydrogen-bond donors (Lipinski definition) is 1. The van der Waals surface area contributed by atoms with Gasteiger partial charge in [0.15, 0.2) is 0 Å². The first kappa shape index (κ1) is 15.5. The van der Waals surface area contributed by atoms with E-state index < -0.39 is 0 Å². The molecule has 1 atom stereocenters. The van der Waals surface area contributed by atoms with E-state index in [1.54, 1.807) is 18.6 Å². The van der Waals surface area contributed by atoms with Crippen molar-refractivity contribution in [2.45, 2.75) is 45.0 Å². The normalized spacial score (nSPS) is 21.4. The van der Waals surface area contributed by atoms with Gasteiger partial charge >= 0.3 is 0 Å². The zero-order valence-electron chi connectivity index (χ0n) is 13.9. The van der Waals surface area contributed by atoms with E-state index in [9.17, 15) is 0 Å². The quantitative estimate of drug-likeness (QED) is 0.900. The minimum absolute atomic E-state index is 0.408. The van der Waals surface area contributed by atoms with Gasteiger partial charge in [0.05, 0.1) is 36.8 Å². The van der Waals surface area contributed by atoms with Gasteiger partial charge < -0.3 is 10.1 Å². The Morgan fingerprint density at radius 3 is 3.08 bits per heavy atom. The van der Waals surface area contributed by atoms with Gasteiger partial charge in [-0.3, -0.25) is 14.6 Å². The summed E-state index contributed by atoms with van der Waals surface area (Å²) in [7, 11) is 0. The standard InChI is InChI=1S/C17H24N6O/c1-2-8-24-16(3-1)13-22-6-7-23-15(12-22)9-14(21-23)10-20-17-11-18-4-5-19-17/h4-5,9,11,16H,1-3,6-8,10,12-13H2,(H,19,20). The number of anilines is 1. The Kier molecular flexibility index (Phi) is 4.71. The van der Waals surface area contributed by atoms with Crippen molar-refractivity contribution in [2.75, 3.05) is 25.0 Å². The van der Waals surface area contributed by atoms with Crippen LogP contribution in [0.15, 0.2) is 24.7 Å². The zero-order chi connectivity index (χ0) is 16.2. The Hall–Kier alpha value is -1.99. The molecule has 2 aromatic heterocycles. The highest BCUT2D eigenvalue weighted by Gasteiger charge is 2.22. The number of hydrogen-bond acceptors (Lipinski definition) is 6. The molecule has 2 aliphatic rings. The van der Waals surface area contributed by atoms with Crippen LogP contribution in [-0.4, -0.2) is 50.4 Å². The van der Waals surface area contributed by atoms with Crippen LogP contribution < -0.4 is 5.32 Å². The molecular formula is C17H24N6O. The second-order valence-electron chi connectivity index (χ2n) is 6.52. The smallest absolute Gasteiger partial charge is 0.144 e. The third kappa shape index (κ3) is 3.73. The molecule has 2 aliphatic heterocycles. The van der Waals surface area contributed by atoms with Crippen LogP contribution in [-0.2, 0) is 24.4 Å². The maximum Gasteiger partial charge on any atom is 0.144 e. The topological polar surface area (TPSA) is 68.1 Å². The summed E-state index contributed by atoms with van der Waals surface area (Å²) in [6.45, 7) is 5.59. The van der Waals surface area contributed by atoms with Crippen molar-refractivity contribution in [3.05, 3.63) is 36.0 Å². The second kappa shape index (κ2) is 7.27. The molecule has 4 rings (SSSR count).